The number of rotatable bonds is 5. The van der Waals surface area contributed by atoms with E-state index in [-0.39, 0.29) is 11.4 Å². The van der Waals surface area contributed by atoms with Crippen LogP contribution in [0.2, 0.25) is 0 Å². The van der Waals surface area contributed by atoms with Crippen LogP contribution in [0.15, 0.2) is 6.20 Å². The van der Waals surface area contributed by atoms with E-state index in [1.165, 1.54) is 10.9 Å². The number of amides is 3. The summed E-state index contributed by atoms with van der Waals surface area (Å²) in [5.41, 5.74) is 15.7. The first-order valence-corrected chi connectivity index (χ1v) is 4.96. The van der Waals surface area contributed by atoms with Crippen LogP contribution in [-0.2, 0) is 16.6 Å². The van der Waals surface area contributed by atoms with Crippen molar-refractivity contribution in [3.63, 3.8) is 0 Å². The van der Waals surface area contributed by atoms with Crippen molar-refractivity contribution in [3.05, 3.63) is 11.8 Å². The molecule has 0 saturated carbocycles. The van der Waals surface area contributed by atoms with Crippen molar-refractivity contribution >= 4 is 23.5 Å². The summed E-state index contributed by atoms with van der Waals surface area (Å²) in [4.78, 5) is 34.6. The van der Waals surface area contributed by atoms with Crippen molar-refractivity contribution in [2.45, 2.75) is 0 Å². The lowest BCUT2D eigenvalue weighted by Crippen LogP contribution is -2.43. The average molecular weight is 254 g/mol. The smallest absolute Gasteiger partial charge is 0.260 e. The molecule has 1 heterocycles. The zero-order valence-electron chi connectivity index (χ0n) is 9.79. The van der Waals surface area contributed by atoms with Gasteiger partial charge in [-0.05, 0) is 0 Å². The second-order valence-electron chi connectivity index (χ2n) is 3.66. The van der Waals surface area contributed by atoms with Gasteiger partial charge in [-0.3, -0.25) is 19.1 Å². The number of anilines is 1. The van der Waals surface area contributed by atoms with Crippen LogP contribution in [0.5, 0.6) is 0 Å². The minimum absolute atomic E-state index is 0.0833. The van der Waals surface area contributed by atoms with Gasteiger partial charge in [0.25, 0.3) is 5.91 Å². The van der Waals surface area contributed by atoms with E-state index in [1.807, 2.05) is 0 Å². The van der Waals surface area contributed by atoms with Crippen molar-refractivity contribution in [1.82, 2.24) is 14.7 Å². The molecular formula is C9H14N6O3. The summed E-state index contributed by atoms with van der Waals surface area (Å²) in [5.74, 6) is -2.02. The van der Waals surface area contributed by atoms with E-state index in [4.69, 9.17) is 17.2 Å². The van der Waals surface area contributed by atoms with E-state index in [9.17, 15) is 14.4 Å². The van der Waals surface area contributed by atoms with Crippen molar-refractivity contribution < 1.29 is 14.4 Å². The van der Waals surface area contributed by atoms with E-state index in [0.717, 1.165) is 4.90 Å². The Morgan fingerprint density at radius 3 is 2.11 bits per heavy atom. The summed E-state index contributed by atoms with van der Waals surface area (Å²) < 4.78 is 1.29. The second-order valence-corrected chi connectivity index (χ2v) is 3.66. The van der Waals surface area contributed by atoms with Gasteiger partial charge < -0.3 is 22.1 Å². The fraction of sp³-hybridized carbons (Fsp3) is 0.333. The third-order valence-electron chi connectivity index (χ3n) is 2.20. The number of primary amides is 2. The van der Waals surface area contributed by atoms with Gasteiger partial charge in [0.1, 0.15) is 24.5 Å². The number of aromatic nitrogens is 2. The number of hydrogen-bond donors (Lipinski definition) is 3. The molecule has 0 radical (unpaired) electrons. The molecular weight excluding hydrogens is 240 g/mol. The normalized spacial score (nSPS) is 10.1. The van der Waals surface area contributed by atoms with Gasteiger partial charge in [0, 0.05) is 7.05 Å². The molecule has 0 atom stereocenters. The predicted molar refractivity (Wildman–Crippen MR) is 61.9 cm³/mol. The van der Waals surface area contributed by atoms with E-state index in [0.29, 0.717) is 0 Å². The SMILES string of the molecule is Cn1ncc(C(=O)N(CC(N)=O)CC(N)=O)c1N. The Balaban J connectivity index is 2.98. The Morgan fingerprint density at radius 2 is 1.78 bits per heavy atom. The lowest BCUT2D eigenvalue weighted by molar-refractivity contribution is -0.121. The van der Waals surface area contributed by atoms with Crippen LogP contribution in [0.1, 0.15) is 10.4 Å². The number of aryl methyl sites for hydroxylation is 1. The van der Waals surface area contributed by atoms with Crippen molar-refractivity contribution in [1.29, 1.82) is 0 Å². The van der Waals surface area contributed by atoms with E-state index < -0.39 is 30.8 Å². The van der Waals surface area contributed by atoms with Gasteiger partial charge in [0.2, 0.25) is 11.8 Å². The fourth-order valence-corrected chi connectivity index (χ4v) is 1.36. The molecule has 0 aromatic carbocycles. The molecule has 0 aliphatic rings. The summed E-state index contributed by atoms with van der Waals surface area (Å²) in [6, 6.07) is 0. The first kappa shape index (κ1) is 13.5. The zero-order chi connectivity index (χ0) is 13.9. The van der Waals surface area contributed by atoms with Crippen LogP contribution in [0.3, 0.4) is 0 Å². The molecule has 0 bridgehead atoms. The minimum atomic E-state index is -0.757. The molecule has 0 unspecified atom stereocenters. The number of hydrogen-bond acceptors (Lipinski definition) is 5. The molecule has 9 nitrogen and oxygen atoms in total. The first-order valence-electron chi connectivity index (χ1n) is 4.96. The van der Waals surface area contributed by atoms with Crippen LogP contribution in [-0.4, -0.2) is 45.5 Å². The number of nitrogens with two attached hydrogens (primary N) is 3. The minimum Gasteiger partial charge on any atom is -0.383 e. The molecule has 6 N–H and O–H groups in total. The molecule has 0 fully saturated rings. The lowest BCUT2D eigenvalue weighted by atomic mass is 10.2. The Morgan fingerprint density at radius 1 is 1.28 bits per heavy atom. The molecule has 0 aliphatic heterocycles. The molecule has 0 spiro atoms. The highest BCUT2D eigenvalue weighted by Gasteiger charge is 2.23. The predicted octanol–water partition coefficient (Wildman–Crippen LogP) is -2.58. The fourth-order valence-electron chi connectivity index (χ4n) is 1.36. The second kappa shape index (κ2) is 5.17. The van der Waals surface area contributed by atoms with Gasteiger partial charge in [-0.25, -0.2) is 0 Å². The maximum atomic E-state index is 12.0. The van der Waals surface area contributed by atoms with Crippen molar-refractivity contribution in [2.75, 3.05) is 18.8 Å². The van der Waals surface area contributed by atoms with Crippen LogP contribution < -0.4 is 17.2 Å². The maximum absolute atomic E-state index is 12.0. The lowest BCUT2D eigenvalue weighted by Gasteiger charge is -2.18. The highest BCUT2D eigenvalue weighted by atomic mass is 16.2. The number of nitrogen functional groups attached to an aromatic ring is 1. The van der Waals surface area contributed by atoms with Crippen LogP contribution >= 0.6 is 0 Å². The monoisotopic (exact) mass is 254 g/mol. The largest absolute Gasteiger partial charge is 0.383 e. The third kappa shape index (κ3) is 2.97. The molecule has 9 heteroatoms. The topological polar surface area (TPSA) is 150 Å². The van der Waals surface area contributed by atoms with E-state index in [1.54, 1.807) is 7.05 Å². The number of carbonyl (C=O) groups is 3. The number of nitrogens with zero attached hydrogens (tertiary/aromatic N) is 3. The molecule has 98 valence electrons. The van der Waals surface area contributed by atoms with Gasteiger partial charge in [-0.15, -0.1) is 0 Å². The first-order chi connectivity index (χ1) is 8.32. The molecule has 0 saturated heterocycles. The van der Waals surface area contributed by atoms with Crippen molar-refractivity contribution in [2.24, 2.45) is 18.5 Å². The molecule has 1 aromatic heterocycles. The Labute approximate surface area is 102 Å². The van der Waals surface area contributed by atoms with E-state index in [2.05, 4.69) is 5.10 Å². The highest BCUT2D eigenvalue weighted by molar-refractivity contribution is 6.01. The van der Waals surface area contributed by atoms with Gasteiger partial charge in [-0.2, -0.15) is 5.10 Å². The Kier molecular flexibility index (Phi) is 3.87. The summed E-state index contributed by atoms with van der Waals surface area (Å²) in [6.45, 7) is -0.841. The highest BCUT2D eigenvalue weighted by Crippen LogP contribution is 2.12. The Bertz CT molecular complexity index is 478. The van der Waals surface area contributed by atoms with Crippen molar-refractivity contribution in [3.8, 4) is 0 Å². The third-order valence-corrected chi connectivity index (χ3v) is 2.20. The maximum Gasteiger partial charge on any atom is 0.260 e. The van der Waals surface area contributed by atoms with Crippen LogP contribution in [0.4, 0.5) is 5.82 Å². The molecule has 18 heavy (non-hydrogen) atoms. The molecule has 3 amide bonds. The van der Waals surface area contributed by atoms with Gasteiger partial charge in [-0.1, -0.05) is 0 Å². The summed E-state index contributed by atoms with van der Waals surface area (Å²) >= 11 is 0. The number of carbonyl (C=O) groups excluding carboxylic acids is 3. The zero-order valence-corrected chi connectivity index (χ0v) is 9.79. The average Bonchev–Trinajstić information content (AvgIpc) is 2.56. The molecule has 0 aliphatic carbocycles. The van der Waals surface area contributed by atoms with Gasteiger partial charge >= 0.3 is 0 Å². The molecule has 1 rings (SSSR count). The van der Waals surface area contributed by atoms with Gasteiger partial charge in [0.05, 0.1) is 6.20 Å². The summed E-state index contributed by atoms with van der Waals surface area (Å²) in [6.07, 6.45) is 1.24. The van der Waals surface area contributed by atoms with Crippen LogP contribution in [0.25, 0.3) is 0 Å². The van der Waals surface area contributed by atoms with Crippen LogP contribution in [0, 0.1) is 0 Å². The summed E-state index contributed by atoms with van der Waals surface area (Å²) in [5, 5.41) is 3.79. The van der Waals surface area contributed by atoms with E-state index >= 15 is 0 Å². The standard InChI is InChI=1S/C9H14N6O3/c1-14-8(12)5(2-13-14)9(18)15(3-6(10)16)4-7(11)17/h2H,3-4,12H2,1H3,(H2,10,16)(H2,11,17). The van der Waals surface area contributed by atoms with Gasteiger partial charge in [0.15, 0.2) is 0 Å². The molecule has 1 aromatic rings. The quantitative estimate of drug-likeness (QED) is 0.527. The Hall–Kier alpha value is -2.58. The summed E-state index contributed by atoms with van der Waals surface area (Å²) in [7, 11) is 1.55.